The normalized spacial score (nSPS) is 11.3. The summed E-state index contributed by atoms with van der Waals surface area (Å²) in [5, 5.41) is 4.70. The molecular formula is C16H11ClN2OS. The predicted octanol–water partition coefficient (Wildman–Crippen LogP) is 5.22. The fourth-order valence-corrected chi connectivity index (χ4v) is 3.36. The van der Waals surface area contributed by atoms with Crippen LogP contribution in [0.1, 0.15) is 0 Å². The molecule has 0 spiro atoms. The predicted molar refractivity (Wildman–Crippen MR) is 86.7 cm³/mol. The second-order valence-corrected chi connectivity index (χ2v) is 6.13. The van der Waals surface area contributed by atoms with Crippen molar-refractivity contribution < 1.29 is 4.42 Å². The molecule has 3 heterocycles. The molecule has 1 aromatic carbocycles. The van der Waals surface area contributed by atoms with Gasteiger partial charge in [0.1, 0.15) is 16.3 Å². The van der Waals surface area contributed by atoms with Gasteiger partial charge in [-0.2, -0.15) is 0 Å². The van der Waals surface area contributed by atoms with Crippen LogP contribution in [0.4, 0.5) is 0 Å². The molecule has 0 aliphatic carbocycles. The first-order chi connectivity index (χ1) is 10.2. The molecule has 0 saturated heterocycles. The van der Waals surface area contributed by atoms with Crippen molar-refractivity contribution in [2.24, 2.45) is 7.05 Å². The van der Waals surface area contributed by atoms with Crippen LogP contribution in [0, 0.1) is 0 Å². The Bertz CT molecular complexity index is 935. The Kier molecular flexibility index (Phi) is 2.87. The van der Waals surface area contributed by atoms with Gasteiger partial charge in [-0.25, -0.2) is 4.98 Å². The maximum atomic E-state index is 5.99. The smallest absolute Gasteiger partial charge is 0.154 e. The average Bonchev–Trinajstić information content (AvgIpc) is 3.15. The Morgan fingerprint density at radius 2 is 2.14 bits per heavy atom. The first-order valence-corrected chi connectivity index (χ1v) is 7.73. The summed E-state index contributed by atoms with van der Waals surface area (Å²) in [6.07, 6.45) is 2.01. The molecule has 0 aliphatic rings. The molecule has 3 aromatic heterocycles. The molecule has 4 rings (SSSR count). The van der Waals surface area contributed by atoms with Crippen molar-refractivity contribution in [1.29, 1.82) is 0 Å². The van der Waals surface area contributed by atoms with E-state index in [0.29, 0.717) is 5.02 Å². The molecule has 0 bridgehead atoms. The van der Waals surface area contributed by atoms with Crippen molar-refractivity contribution >= 4 is 33.9 Å². The Balaban J connectivity index is 1.79. The number of rotatable bonds is 2. The number of hydrogen-bond donors (Lipinski definition) is 0. The van der Waals surface area contributed by atoms with Crippen molar-refractivity contribution in [3.05, 3.63) is 53.0 Å². The largest absolute Gasteiger partial charge is 0.454 e. The summed E-state index contributed by atoms with van der Waals surface area (Å²) in [5.41, 5.74) is 2.74. The van der Waals surface area contributed by atoms with Crippen molar-refractivity contribution in [2.45, 2.75) is 0 Å². The minimum absolute atomic E-state index is 0.672. The van der Waals surface area contributed by atoms with Crippen LogP contribution in [0.3, 0.4) is 0 Å². The topological polar surface area (TPSA) is 31.0 Å². The highest BCUT2D eigenvalue weighted by atomic mass is 35.5. The lowest BCUT2D eigenvalue weighted by atomic mass is 10.2. The highest BCUT2D eigenvalue weighted by Gasteiger charge is 2.12. The van der Waals surface area contributed by atoms with Gasteiger partial charge in [0.25, 0.3) is 0 Å². The van der Waals surface area contributed by atoms with E-state index in [-0.39, 0.29) is 0 Å². The Morgan fingerprint density at radius 1 is 1.24 bits per heavy atom. The quantitative estimate of drug-likeness (QED) is 0.508. The van der Waals surface area contributed by atoms with Crippen molar-refractivity contribution in [1.82, 2.24) is 9.55 Å². The van der Waals surface area contributed by atoms with Crippen LogP contribution in [0.25, 0.3) is 33.1 Å². The molecular weight excluding hydrogens is 304 g/mol. The second kappa shape index (κ2) is 4.76. The van der Waals surface area contributed by atoms with Gasteiger partial charge in [-0.3, -0.25) is 0 Å². The number of aromatic nitrogens is 2. The number of hydrogen-bond acceptors (Lipinski definition) is 3. The average molecular weight is 315 g/mol. The van der Waals surface area contributed by atoms with Crippen molar-refractivity contribution in [3.63, 3.8) is 0 Å². The number of fused-ring (bicyclic) bond motifs is 1. The first kappa shape index (κ1) is 12.7. The van der Waals surface area contributed by atoms with E-state index in [2.05, 4.69) is 15.6 Å². The summed E-state index contributed by atoms with van der Waals surface area (Å²) in [6.45, 7) is 0. The second-order valence-electron chi connectivity index (χ2n) is 4.84. The molecule has 21 heavy (non-hydrogen) atoms. The summed E-state index contributed by atoms with van der Waals surface area (Å²) < 4.78 is 7.91. The van der Waals surface area contributed by atoms with Crippen LogP contribution < -0.4 is 0 Å². The van der Waals surface area contributed by atoms with Gasteiger partial charge in [-0.05, 0) is 30.3 Å². The fraction of sp³-hybridized carbons (Fsp3) is 0.0625. The van der Waals surface area contributed by atoms with Gasteiger partial charge in [0.15, 0.2) is 5.76 Å². The van der Waals surface area contributed by atoms with E-state index < -0.39 is 0 Å². The number of aryl methyl sites for hydroxylation is 1. The third-order valence-electron chi connectivity index (χ3n) is 3.40. The molecule has 0 aliphatic heterocycles. The molecule has 5 heteroatoms. The van der Waals surface area contributed by atoms with E-state index in [1.807, 2.05) is 49.0 Å². The van der Waals surface area contributed by atoms with E-state index in [0.717, 1.165) is 33.1 Å². The van der Waals surface area contributed by atoms with Crippen LogP contribution in [0.15, 0.2) is 52.4 Å². The van der Waals surface area contributed by atoms with Gasteiger partial charge in [0.05, 0.1) is 5.69 Å². The maximum absolute atomic E-state index is 5.99. The number of thiazole rings is 1. The lowest BCUT2D eigenvalue weighted by molar-refractivity contribution is 0.629. The Hall–Kier alpha value is -2.04. The molecule has 0 fully saturated rings. The lowest BCUT2D eigenvalue weighted by Crippen LogP contribution is -1.88. The van der Waals surface area contributed by atoms with Crippen LogP contribution in [-0.2, 0) is 7.05 Å². The third-order valence-corrected chi connectivity index (χ3v) is 4.50. The minimum Gasteiger partial charge on any atom is -0.454 e. The fourth-order valence-electron chi connectivity index (χ4n) is 2.32. The van der Waals surface area contributed by atoms with Gasteiger partial charge < -0.3 is 8.98 Å². The first-order valence-electron chi connectivity index (χ1n) is 6.47. The lowest BCUT2D eigenvalue weighted by Gasteiger charge is -1.97. The van der Waals surface area contributed by atoms with E-state index >= 15 is 0 Å². The standard InChI is InChI=1S/C16H11ClN2OS/c1-19-6-2-3-13(19)16-18-12(9-21-16)15-7-10-4-5-11(17)8-14(10)20-15/h2-9H,1H3. The van der Waals surface area contributed by atoms with E-state index in [9.17, 15) is 0 Å². The van der Waals surface area contributed by atoms with Crippen molar-refractivity contribution in [3.8, 4) is 22.2 Å². The molecule has 3 nitrogen and oxygen atoms in total. The Labute approximate surface area is 130 Å². The molecule has 0 unspecified atom stereocenters. The molecule has 0 N–H and O–H groups in total. The summed E-state index contributed by atoms with van der Waals surface area (Å²) in [5.74, 6) is 0.768. The van der Waals surface area contributed by atoms with Crippen LogP contribution in [-0.4, -0.2) is 9.55 Å². The van der Waals surface area contributed by atoms with Crippen LogP contribution in [0.2, 0.25) is 5.02 Å². The summed E-state index contributed by atoms with van der Waals surface area (Å²) in [6, 6.07) is 11.7. The van der Waals surface area contributed by atoms with Gasteiger partial charge in [-0.15, -0.1) is 11.3 Å². The van der Waals surface area contributed by atoms with E-state index in [1.54, 1.807) is 11.3 Å². The number of furan rings is 1. The van der Waals surface area contributed by atoms with E-state index in [4.69, 9.17) is 16.0 Å². The Morgan fingerprint density at radius 3 is 2.95 bits per heavy atom. The monoisotopic (exact) mass is 314 g/mol. The molecule has 0 amide bonds. The van der Waals surface area contributed by atoms with Crippen LogP contribution >= 0.6 is 22.9 Å². The van der Waals surface area contributed by atoms with Crippen LogP contribution in [0.5, 0.6) is 0 Å². The van der Waals surface area contributed by atoms with Crippen molar-refractivity contribution in [2.75, 3.05) is 0 Å². The number of halogens is 1. The van der Waals surface area contributed by atoms with E-state index in [1.165, 1.54) is 0 Å². The molecule has 104 valence electrons. The molecule has 4 aromatic rings. The van der Waals surface area contributed by atoms with Gasteiger partial charge in [-0.1, -0.05) is 11.6 Å². The zero-order valence-corrected chi connectivity index (χ0v) is 12.8. The minimum atomic E-state index is 0.672. The van der Waals surface area contributed by atoms with Gasteiger partial charge in [0, 0.05) is 35.1 Å². The SMILES string of the molecule is Cn1cccc1-c1nc(-c2cc3ccc(Cl)cc3o2)cs1. The zero-order chi connectivity index (χ0) is 14.4. The number of benzene rings is 1. The highest BCUT2D eigenvalue weighted by Crippen LogP contribution is 2.33. The summed E-state index contributed by atoms with van der Waals surface area (Å²) >= 11 is 7.60. The number of nitrogens with zero attached hydrogens (tertiary/aromatic N) is 2. The molecule has 0 saturated carbocycles. The highest BCUT2D eigenvalue weighted by molar-refractivity contribution is 7.13. The maximum Gasteiger partial charge on any atom is 0.154 e. The zero-order valence-electron chi connectivity index (χ0n) is 11.2. The third kappa shape index (κ3) is 2.17. The summed E-state index contributed by atoms with van der Waals surface area (Å²) in [4.78, 5) is 4.67. The van der Waals surface area contributed by atoms with Gasteiger partial charge in [0.2, 0.25) is 0 Å². The molecule has 0 radical (unpaired) electrons. The molecule has 0 atom stereocenters. The summed E-state index contributed by atoms with van der Waals surface area (Å²) in [7, 11) is 2.01. The van der Waals surface area contributed by atoms with Gasteiger partial charge >= 0.3 is 0 Å².